The molecule has 0 aromatic heterocycles. The van der Waals surface area contributed by atoms with Gasteiger partial charge in [0.15, 0.2) is 0 Å². The zero-order chi connectivity index (χ0) is 9.84. The summed E-state index contributed by atoms with van der Waals surface area (Å²) in [6.45, 7) is 5.77. The van der Waals surface area contributed by atoms with Crippen LogP contribution >= 0.6 is 11.6 Å². The Morgan fingerprint density at radius 2 is 1.77 bits per heavy atom. The molecule has 13 heavy (non-hydrogen) atoms. The highest BCUT2D eigenvalue weighted by Gasteiger charge is 2.25. The molecule has 76 valence electrons. The number of hydrogen-bond donors (Lipinski definition) is 0. The molecule has 0 spiro atoms. The number of halogens is 1. The molecular weight excluding hydrogens is 186 g/mol. The van der Waals surface area contributed by atoms with E-state index in [0.29, 0.717) is 0 Å². The Kier molecular flexibility index (Phi) is 4.04. The zero-order valence-electron chi connectivity index (χ0n) is 8.42. The molecular formula is C10H18ClNO. The minimum absolute atomic E-state index is 0.122. The first kappa shape index (κ1) is 10.8. The molecule has 0 aliphatic carbocycles. The van der Waals surface area contributed by atoms with Gasteiger partial charge >= 0.3 is 0 Å². The molecule has 3 heteroatoms. The van der Waals surface area contributed by atoms with Gasteiger partial charge in [-0.3, -0.25) is 4.79 Å². The van der Waals surface area contributed by atoms with Crippen molar-refractivity contribution in [2.24, 2.45) is 5.92 Å². The summed E-state index contributed by atoms with van der Waals surface area (Å²) in [7, 11) is 0. The molecule has 1 atom stereocenters. The Labute approximate surface area is 85.2 Å². The van der Waals surface area contributed by atoms with Crippen LogP contribution in [0.4, 0.5) is 0 Å². The van der Waals surface area contributed by atoms with Crippen molar-refractivity contribution in [1.82, 2.24) is 4.90 Å². The average Bonchev–Trinajstić information content (AvgIpc) is 2.17. The number of nitrogens with zero attached hydrogens (tertiary/aromatic N) is 1. The van der Waals surface area contributed by atoms with Crippen molar-refractivity contribution < 1.29 is 4.79 Å². The third-order valence-corrected chi connectivity index (χ3v) is 3.18. The lowest BCUT2D eigenvalue weighted by Crippen LogP contribution is -2.41. The first-order chi connectivity index (χ1) is 6.13. The molecule has 2 nitrogen and oxygen atoms in total. The van der Waals surface area contributed by atoms with Gasteiger partial charge in [0.2, 0.25) is 5.91 Å². The fraction of sp³-hybridized carbons (Fsp3) is 0.900. The number of amides is 1. The first-order valence-electron chi connectivity index (χ1n) is 5.06. The molecule has 1 amide bonds. The van der Waals surface area contributed by atoms with Crippen LogP contribution in [0.3, 0.4) is 0 Å². The summed E-state index contributed by atoms with van der Waals surface area (Å²) in [6, 6.07) is 0. The highest BCUT2D eigenvalue weighted by atomic mass is 35.5. The van der Waals surface area contributed by atoms with Crippen molar-refractivity contribution in [3.8, 4) is 0 Å². The Morgan fingerprint density at radius 3 is 2.23 bits per heavy atom. The summed E-state index contributed by atoms with van der Waals surface area (Å²) in [5, 5.41) is -0.335. The summed E-state index contributed by atoms with van der Waals surface area (Å²) in [4.78, 5) is 13.6. The maximum absolute atomic E-state index is 11.7. The highest BCUT2D eigenvalue weighted by molar-refractivity contribution is 6.30. The lowest BCUT2D eigenvalue weighted by atomic mass is 10.1. The summed E-state index contributed by atoms with van der Waals surface area (Å²) in [6.07, 6.45) is 3.51. The van der Waals surface area contributed by atoms with Gasteiger partial charge < -0.3 is 4.90 Å². The van der Waals surface area contributed by atoms with E-state index in [1.165, 1.54) is 6.42 Å². The van der Waals surface area contributed by atoms with Crippen molar-refractivity contribution in [3.05, 3.63) is 0 Å². The molecule has 0 radical (unpaired) electrons. The number of hydrogen-bond acceptors (Lipinski definition) is 1. The Bertz CT molecular complexity index is 176. The number of likely N-dealkylation sites (tertiary alicyclic amines) is 1. The van der Waals surface area contributed by atoms with Gasteiger partial charge in [-0.15, -0.1) is 11.6 Å². The van der Waals surface area contributed by atoms with Gasteiger partial charge in [0.05, 0.1) is 0 Å². The molecule has 0 bridgehead atoms. The van der Waals surface area contributed by atoms with Crippen LogP contribution in [0.2, 0.25) is 0 Å². The lowest BCUT2D eigenvalue weighted by molar-refractivity contribution is -0.132. The fourth-order valence-corrected chi connectivity index (χ4v) is 1.71. The number of alkyl halides is 1. The molecule has 1 rings (SSSR count). The summed E-state index contributed by atoms with van der Waals surface area (Å²) >= 11 is 6.01. The highest BCUT2D eigenvalue weighted by Crippen LogP contribution is 2.16. The standard InChI is InChI=1S/C10H18ClNO/c1-8(2)9(11)10(13)12-6-4-3-5-7-12/h8-9H,3-7H2,1-2H3. The Hall–Kier alpha value is -0.240. The van der Waals surface area contributed by atoms with Crippen LogP contribution in [0.15, 0.2) is 0 Å². The zero-order valence-corrected chi connectivity index (χ0v) is 9.18. The van der Waals surface area contributed by atoms with Crippen LogP contribution in [-0.4, -0.2) is 29.3 Å². The molecule has 0 aromatic carbocycles. The van der Waals surface area contributed by atoms with E-state index in [1.807, 2.05) is 18.7 Å². The van der Waals surface area contributed by atoms with E-state index < -0.39 is 0 Å². The van der Waals surface area contributed by atoms with Crippen LogP contribution in [0, 0.1) is 5.92 Å². The molecule has 1 unspecified atom stereocenters. The van der Waals surface area contributed by atoms with Crippen molar-refractivity contribution in [2.75, 3.05) is 13.1 Å². The molecule has 1 aliphatic heterocycles. The largest absolute Gasteiger partial charge is 0.341 e. The van der Waals surface area contributed by atoms with E-state index in [4.69, 9.17) is 11.6 Å². The predicted molar refractivity (Wildman–Crippen MR) is 54.9 cm³/mol. The van der Waals surface area contributed by atoms with Gasteiger partial charge in [-0.05, 0) is 25.2 Å². The smallest absolute Gasteiger partial charge is 0.240 e. The van der Waals surface area contributed by atoms with Crippen molar-refractivity contribution in [2.45, 2.75) is 38.5 Å². The van der Waals surface area contributed by atoms with Crippen LogP contribution in [0.25, 0.3) is 0 Å². The third kappa shape index (κ3) is 2.87. The molecule has 1 aliphatic rings. The third-order valence-electron chi connectivity index (χ3n) is 2.49. The molecule has 0 saturated carbocycles. The van der Waals surface area contributed by atoms with Gasteiger partial charge in [0, 0.05) is 13.1 Å². The maximum atomic E-state index is 11.7. The topological polar surface area (TPSA) is 20.3 Å². The van der Waals surface area contributed by atoms with Crippen LogP contribution in [-0.2, 0) is 4.79 Å². The van der Waals surface area contributed by atoms with Crippen LogP contribution < -0.4 is 0 Å². The second kappa shape index (κ2) is 4.85. The van der Waals surface area contributed by atoms with Crippen molar-refractivity contribution in [3.63, 3.8) is 0 Å². The molecule has 1 fully saturated rings. The number of carbonyl (C=O) groups is 1. The van der Waals surface area contributed by atoms with E-state index in [0.717, 1.165) is 25.9 Å². The SMILES string of the molecule is CC(C)C(Cl)C(=O)N1CCCCC1. The van der Waals surface area contributed by atoms with Crippen molar-refractivity contribution in [1.29, 1.82) is 0 Å². The number of rotatable bonds is 2. The van der Waals surface area contributed by atoms with E-state index >= 15 is 0 Å². The lowest BCUT2D eigenvalue weighted by Gasteiger charge is -2.29. The Balaban J connectivity index is 2.45. The van der Waals surface area contributed by atoms with Gasteiger partial charge in [0.25, 0.3) is 0 Å². The quantitative estimate of drug-likeness (QED) is 0.631. The maximum Gasteiger partial charge on any atom is 0.240 e. The minimum atomic E-state index is -0.335. The first-order valence-corrected chi connectivity index (χ1v) is 5.49. The summed E-state index contributed by atoms with van der Waals surface area (Å²) < 4.78 is 0. The molecule has 1 heterocycles. The predicted octanol–water partition coefficient (Wildman–Crippen LogP) is 2.26. The number of carbonyl (C=O) groups excluding carboxylic acids is 1. The van der Waals surface area contributed by atoms with E-state index in [-0.39, 0.29) is 17.2 Å². The number of piperidine rings is 1. The normalized spacial score (nSPS) is 20.5. The Morgan fingerprint density at radius 1 is 1.23 bits per heavy atom. The average molecular weight is 204 g/mol. The van der Waals surface area contributed by atoms with Crippen LogP contribution in [0.1, 0.15) is 33.1 Å². The monoisotopic (exact) mass is 203 g/mol. The van der Waals surface area contributed by atoms with Gasteiger partial charge in [-0.25, -0.2) is 0 Å². The fourth-order valence-electron chi connectivity index (χ4n) is 1.57. The van der Waals surface area contributed by atoms with E-state index in [2.05, 4.69) is 0 Å². The van der Waals surface area contributed by atoms with Gasteiger partial charge in [-0.2, -0.15) is 0 Å². The summed E-state index contributed by atoms with van der Waals surface area (Å²) in [5.74, 6) is 0.354. The van der Waals surface area contributed by atoms with Crippen LogP contribution in [0.5, 0.6) is 0 Å². The van der Waals surface area contributed by atoms with E-state index in [9.17, 15) is 4.79 Å². The van der Waals surface area contributed by atoms with E-state index in [1.54, 1.807) is 0 Å². The molecule has 0 N–H and O–H groups in total. The molecule has 0 aromatic rings. The second-order valence-corrected chi connectivity index (χ2v) is 4.50. The van der Waals surface area contributed by atoms with Crippen molar-refractivity contribution >= 4 is 17.5 Å². The van der Waals surface area contributed by atoms with Gasteiger partial charge in [0.1, 0.15) is 5.38 Å². The van der Waals surface area contributed by atoms with Gasteiger partial charge in [-0.1, -0.05) is 13.8 Å². The second-order valence-electron chi connectivity index (χ2n) is 4.03. The summed E-state index contributed by atoms with van der Waals surface area (Å²) in [5.41, 5.74) is 0. The molecule has 1 saturated heterocycles. The minimum Gasteiger partial charge on any atom is -0.341 e.